The molecule has 1 spiro atoms. The van der Waals surface area contributed by atoms with Crippen LogP contribution < -0.4 is 0 Å². The summed E-state index contributed by atoms with van der Waals surface area (Å²) in [5.41, 5.74) is 3.47. The molecule has 0 bridgehead atoms. The van der Waals surface area contributed by atoms with Crippen molar-refractivity contribution < 1.29 is 0 Å². The first-order valence-corrected chi connectivity index (χ1v) is 6.68. The maximum atomic E-state index is 5.40. The number of rotatable bonds is 0. The van der Waals surface area contributed by atoms with Gasteiger partial charge in [0.05, 0.1) is 0 Å². The summed E-state index contributed by atoms with van der Waals surface area (Å²) in [6.45, 7) is 4.66. The van der Waals surface area contributed by atoms with Gasteiger partial charge < -0.3 is 4.90 Å². The van der Waals surface area contributed by atoms with E-state index in [1.54, 1.807) is 0 Å². The summed E-state index contributed by atoms with van der Waals surface area (Å²) < 4.78 is 0. The Balaban J connectivity index is 2.12. The van der Waals surface area contributed by atoms with E-state index in [4.69, 9.17) is 6.42 Å². The van der Waals surface area contributed by atoms with E-state index in [-0.39, 0.29) is 0 Å². The van der Waals surface area contributed by atoms with Crippen molar-refractivity contribution in [3.63, 3.8) is 0 Å². The normalized spacial score (nSPS) is 29.7. The molecular weight excluding hydrogens is 206 g/mol. The molecule has 1 saturated heterocycles. The minimum atomic E-state index is 0.570. The Labute approximate surface area is 106 Å². The zero-order chi connectivity index (χ0) is 12.3. The third-order valence-corrected chi connectivity index (χ3v) is 4.56. The molecule has 0 radical (unpaired) electrons. The maximum absolute atomic E-state index is 5.40. The van der Waals surface area contributed by atoms with Crippen molar-refractivity contribution in [1.29, 1.82) is 0 Å². The monoisotopic (exact) mass is 229 g/mol. The molecule has 1 heterocycles. The highest BCUT2D eigenvalue weighted by atomic mass is 15.1. The summed E-state index contributed by atoms with van der Waals surface area (Å²) >= 11 is 0. The van der Waals surface area contributed by atoms with Crippen LogP contribution in [0.25, 0.3) is 0 Å². The minimum absolute atomic E-state index is 0.570. The van der Waals surface area contributed by atoms with Crippen molar-refractivity contribution in [2.75, 3.05) is 20.1 Å². The summed E-state index contributed by atoms with van der Waals surface area (Å²) in [6, 6.07) is 0. The molecule has 1 nitrogen and oxygen atoms in total. The number of piperidine rings is 1. The molecule has 1 aliphatic carbocycles. The smallest absolute Gasteiger partial charge is 0.00164 e. The molecule has 0 amide bonds. The number of likely N-dealkylation sites (tertiary alicyclic amines) is 1. The Morgan fingerprint density at radius 3 is 2.53 bits per heavy atom. The van der Waals surface area contributed by atoms with Crippen LogP contribution in [0.5, 0.6) is 0 Å². The van der Waals surface area contributed by atoms with Crippen molar-refractivity contribution in [3.05, 3.63) is 23.3 Å². The molecule has 1 saturated carbocycles. The second kappa shape index (κ2) is 5.10. The number of terminal acetylenes is 1. The highest BCUT2D eigenvalue weighted by Crippen LogP contribution is 2.48. The molecule has 1 heteroatoms. The highest BCUT2D eigenvalue weighted by Gasteiger charge is 2.37. The molecule has 0 unspecified atom stereocenters. The predicted molar refractivity (Wildman–Crippen MR) is 73.7 cm³/mol. The van der Waals surface area contributed by atoms with E-state index in [1.807, 2.05) is 6.08 Å². The van der Waals surface area contributed by atoms with Crippen molar-refractivity contribution in [1.82, 2.24) is 4.90 Å². The Kier molecular flexibility index (Phi) is 3.74. The van der Waals surface area contributed by atoms with E-state index in [0.717, 1.165) is 0 Å². The fourth-order valence-corrected chi connectivity index (χ4v) is 3.24. The zero-order valence-electron chi connectivity index (χ0n) is 11.1. The lowest BCUT2D eigenvalue weighted by Crippen LogP contribution is -2.39. The van der Waals surface area contributed by atoms with Gasteiger partial charge in [-0.3, -0.25) is 0 Å². The second-order valence-electron chi connectivity index (χ2n) is 5.63. The van der Waals surface area contributed by atoms with Gasteiger partial charge in [-0.15, -0.1) is 6.42 Å². The van der Waals surface area contributed by atoms with Gasteiger partial charge in [0.15, 0.2) is 0 Å². The van der Waals surface area contributed by atoms with Crippen LogP contribution in [-0.2, 0) is 0 Å². The predicted octanol–water partition coefficient (Wildman–Crippen LogP) is 3.39. The molecule has 2 rings (SSSR count). The molecule has 1 aliphatic heterocycles. The summed E-state index contributed by atoms with van der Waals surface area (Å²) in [5, 5.41) is 0. The Morgan fingerprint density at radius 2 is 1.94 bits per heavy atom. The molecule has 2 aliphatic rings. The summed E-state index contributed by atoms with van der Waals surface area (Å²) in [5.74, 6) is 2.69. The third-order valence-electron chi connectivity index (χ3n) is 4.56. The minimum Gasteiger partial charge on any atom is -0.306 e. The fraction of sp³-hybridized carbons (Fsp3) is 0.625. The third kappa shape index (κ3) is 2.64. The fourth-order valence-electron chi connectivity index (χ4n) is 3.24. The van der Waals surface area contributed by atoms with Crippen LogP contribution in [0.15, 0.2) is 23.3 Å². The van der Waals surface area contributed by atoms with Crippen molar-refractivity contribution >= 4 is 0 Å². The maximum Gasteiger partial charge on any atom is -0.00164 e. The van der Waals surface area contributed by atoms with E-state index in [9.17, 15) is 0 Å². The van der Waals surface area contributed by atoms with Crippen LogP contribution in [0.1, 0.15) is 39.0 Å². The first-order chi connectivity index (χ1) is 8.19. The van der Waals surface area contributed by atoms with E-state index >= 15 is 0 Å². The number of hydrogen-bond donors (Lipinski definition) is 0. The van der Waals surface area contributed by atoms with Crippen molar-refractivity contribution in [2.24, 2.45) is 5.41 Å². The van der Waals surface area contributed by atoms with Gasteiger partial charge in [0.1, 0.15) is 0 Å². The lowest BCUT2D eigenvalue weighted by molar-refractivity contribution is 0.106. The molecule has 92 valence electrons. The van der Waals surface area contributed by atoms with Gasteiger partial charge in [0.2, 0.25) is 0 Å². The van der Waals surface area contributed by atoms with Gasteiger partial charge in [-0.1, -0.05) is 12.0 Å². The molecule has 17 heavy (non-hydrogen) atoms. The largest absolute Gasteiger partial charge is 0.306 e. The Bertz CT molecular complexity index is 373. The van der Waals surface area contributed by atoms with E-state index in [1.165, 1.54) is 56.3 Å². The molecule has 2 fully saturated rings. The Morgan fingerprint density at radius 1 is 1.24 bits per heavy atom. The summed E-state index contributed by atoms with van der Waals surface area (Å²) in [4.78, 5) is 2.45. The number of hydrogen-bond acceptors (Lipinski definition) is 1. The second-order valence-corrected chi connectivity index (χ2v) is 5.63. The van der Waals surface area contributed by atoms with Crippen LogP contribution in [0, 0.1) is 17.8 Å². The standard InChI is InChI=1S/C16H23N/c1-4-6-15-7-8-16(13-14(15)5-2)9-11-17(3)12-10-16/h1,5-6H,7-13H2,2-3H3/b14-5-,15-6-. The lowest BCUT2D eigenvalue weighted by Gasteiger charge is -2.44. The van der Waals surface area contributed by atoms with Gasteiger partial charge in [-0.2, -0.15) is 0 Å². The van der Waals surface area contributed by atoms with Crippen molar-refractivity contribution in [3.8, 4) is 12.3 Å². The number of nitrogens with zero attached hydrogens (tertiary/aromatic N) is 1. The van der Waals surface area contributed by atoms with Gasteiger partial charge in [-0.05, 0) is 81.8 Å². The summed E-state index contributed by atoms with van der Waals surface area (Å²) in [7, 11) is 2.23. The molecule has 0 N–H and O–H groups in total. The van der Waals surface area contributed by atoms with E-state index < -0.39 is 0 Å². The molecule has 0 aromatic carbocycles. The van der Waals surface area contributed by atoms with Crippen LogP contribution in [-0.4, -0.2) is 25.0 Å². The van der Waals surface area contributed by atoms with Gasteiger partial charge in [0.25, 0.3) is 0 Å². The Hall–Kier alpha value is -1.00. The number of allylic oxidation sites excluding steroid dienone is 4. The van der Waals surface area contributed by atoms with Gasteiger partial charge in [-0.25, -0.2) is 0 Å². The van der Waals surface area contributed by atoms with Crippen LogP contribution in [0.4, 0.5) is 0 Å². The molecule has 0 aromatic heterocycles. The first kappa shape index (κ1) is 12.5. The molecule has 0 atom stereocenters. The topological polar surface area (TPSA) is 3.24 Å². The SMILES string of the molecule is C#C/C=C1/CCC2(CCN(C)CC2)C/C1=C/C. The molecular formula is C16H23N. The van der Waals surface area contributed by atoms with Crippen molar-refractivity contribution in [2.45, 2.75) is 39.0 Å². The van der Waals surface area contributed by atoms with Gasteiger partial charge in [0, 0.05) is 0 Å². The first-order valence-electron chi connectivity index (χ1n) is 6.68. The summed E-state index contributed by atoms with van der Waals surface area (Å²) in [6.07, 6.45) is 16.1. The molecule has 0 aromatic rings. The van der Waals surface area contributed by atoms with Crippen LogP contribution in [0.2, 0.25) is 0 Å². The lowest BCUT2D eigenvalue weighted by atomic mass is 9.65. The van der Waals surface area contributed by atoms with E-state index in [2.05, 4.69) is 30.9 Å². The van der Waals surface area contributed by atoms with Crippen LogP contribution in [0.3, 0.4) is 0 Å². The van der Waals surface area contributed by atoms with Crippen LogP contribution >= 0.6 is 0 Å². The quantitative estimate of drug-likeness (QED) is 0.576. The average molecular weight is 229 g/mol. The zero-order valence-corrected chi connectivity index (χ0v) is 11.1. The van der Waals surface area contributed by atoms with Gasteiger partial charge >= 0.3 is 0 Å². The highest BCUT2D eigenvalue weighted by molar-refractivity contribution is 5.38. The average Bonchev–Trinajstić information content (AvgIpc) is 2.36. The van der Waals surface area contributed by atoms with E-state index in [0.29, 0.717) is 5.41 Å².